The topological polar surface area (TPSA) is 89.4 Å². The largest absolute Gasteiger partial charge is 0.494 e. The number of carbonyl (C=O) groups excluding carboxylic acids is 2. The molecule has 0 saturated heterocycles. The maximum Gasteiger partial charge on any atom is 0.247 e. The molecule has 0 aliphatic rings. The molecule has 0 aliphatic heterocycles. The number of hydrogen-bond acceptors (Lipinski definition) is 5. The lowest BCUT2D eigenvalue weighted by Gasteiger charge is -2.38. The van der Waals surface area contributed by atoms with Crippen LogP contribution in [-0.4, -0.2) is 43.9 Å². The Morgan fingerprint density at radius 3 is 2.26 bits per heavy atom. The number of carbonyl (C=O) groups is 2. The van der Waals surface area contributed by atoms with Gasteiger partial charge in [0.1, 0.15) is 23.9 Å². The highest BCUT2D eigenvalue weighted by molar-refractivity contribution is 5.90. The zero-order valence-electron chi connectivity index (χ0n) is 22.6. The first-order chi connectivity index (χ1) is 18.2. The van der Waals surface area contributed by atoms with Crippen LogP contribution < -0.4 is 10.1 Å². The second-order valence-corrected chi connectivity index (χ2v) is 10.3. The first-order valence-corrected chi connectivity index (χ1v) is 12.9. The Bertz CT molecular complexity index is 1380. The van der Waals surface area contributed by atoms with Gasteiger partial charge in [0.25, 0.3) is 0 Å². The zero-order valence-corrected chi connectivity index (χ0v) is 22.6. The first kappa shape index (κ1) is 26.9. The molecule has 198 valence electrons. The number of amides is 2. The summed E-state index contributed by atoms with van der Waals surface area (Å²) in [7, 11) is 0. The minimum atomic E-state index is -0.887. The van der Waals surface area contributed by atoms with E-state index >= 15 is 0 Å². The van der Waals surface area contributed by atoms with Crippen molar-refractivity contribution in [1.29, 1.82) is 0 Å². The van der Waals surface area contributed by atoms with E-state index in [1.165, 1.54) is 0 Å². The van der Waals surface area contributed by atoms with Gasteiger partial charge in [-0.05, 0) is 70.0 Å². The minimum absolute atomic E-state index is 0.0615. The van der Waals surface area contributed by atoms with E-state index < -0.39 is 17.6 Å². The fraction of sp³-hybridized carbons (Fsp3) is 0.333. The molecular weight excluding hydrogens is 478 g/mol. The zero-order chi connectivity index (χ0) is 27.3. The van der Waals surface area contributed by atoms with Gasteiger partial charge in [0, 0.05) is 5.54 Å². The molecule has 1 N–H and O–H groups in total. The van der Waals surface area contributed by atoms with Crippen LogP contribution in [0.15, 0.2) is 78.9 Å². The van der Waals surface area contributed by atoms with Crippen LogP contribution in [0.3, 0.4) is 0 Å². The third-order valence-electron chi connectivity index (χ3n) is 6.22. The first-order valence-electron chi connectivity index (χ1n) is 12.9. The van der Waals surface area contributed by atoms with Crippen molar-refractivity contribution in [2.45, 2.75) is 58.8 Å². The summed E-state index contributed by atoms with van der Waals surface area (Å²) < 4.78 is 7.20. The Balaban J connectivity index is 1.80. The monoisotopic (exact) mass is 513 g/mol. The van der Waals surface area contributed by atoms with Gasteiger partial charge in [-0.2, -0.15) is 0 Å². The number of ether oxygens (including phenoxy) is 1. The average Bonchev–Trinajstić information content (AvgIpc) is 3.29. The number of fused-ring (bicyclic) bond motifs is 1. The van der Waals surface area contributed by atoms with Gasteiger partial charge in [0.05, 0.1) is 18.2 Å². The predicted octanol–water partition coefficient (Wildman–Crippen LogP) is 5.08. The van der Waals surface area contributed by atoms with Gasteiger partial charge in [-0.25, -0.2) is 4.68 Å². The van der Waals surface area contributed by atoms with Crippen molar-refractivity contribution in [1.82, 2.24) is 25.2 Å². The van der Waals surface area contributed by atoms with Crippen molar-refractivity contribution < 1.29 is 14.3 Å². The summed E-state index contributed by atoms with van der Waals surface area (Å²) in [6.07, 6.45) is 0. The second kappa shape index (κ2) is 11.5. The van der Waals surface area contributed by atoms with Crippen molar-refractivity contribution >= 4 is 22.8 Å². The Labute approximate surface area is 223 Å². The van der Waals surface area contributed by atoms with E-state index in [2.05, 4.69) is 15.6 Å². The Morgan fingerprint density at radius 2 is 1.61 bits per heavy atom. The van der Waals surface area contributed by atoms with E-state index in [1.54, 1.807) is 9.58 Å². The number of hydrogen-bond donors (Lipinski definition) is 1. The standard InChI is InChI=1S/C30H35N5O3/c1-6-38-24-18-16-23(17-19-24)28(29(37)31-30(3,4)5)35(21(2)22-12-8-7-9-13-22)27(36)20-34-26-15-11-10-14-25(26)32-33-34/h7-19,21,28H,6,20H2,1-5H3,(H,31,37)/t21-,28-/m0/s1. The smallest absolute Gasteiger partial charge is 0.247 e. The molecule has 8 nitrogen and oxygen atoms in total. The van der Waals surface area contributed by atoms with Gasteiger partial charge < -0.3 is 15.0 Å². The Hall–Kier alpha value is -4.20. The van der Waals surface area contributed by atoms with Crippen LogP contribution in [-0.2, 0) is 16.1 Å². The number of para-hydroxylation sites is 1. The molecule has 0 spiro atoms. The Morgan fingerprint density at radius 1 is 0.947 bits per heavy atom. The summed E-state index contributed by atoms with van der Waals surface area (Å²) in [4.78, 5) is 29.7. The van der Waals surface area contributed by atoms with E-state index in [-0.39, 0.29) is 18.4 Å². The molecule has 4 rings (SSSR count). The number of nitrogens with one attached hydrogen (secondary N) is 1. The molecule has 0 radical (unpaired) electrons. The maximum atomic E-state index is 14.2. The quantitative estimate of drug-likeness (QED) is 0.337. The lowest BCUT2D eigenvalue weighted by atomic mass is 9.97. The molecule has 1 heterocycles. The second-order valence-electron chi connectivity index (χ2n) is 10.3. The molecule has 0 aliphatic carbocycles. The molecule has 0 unspecified atom stereocenters. The van der Waals surface area contributed by atoms with Crippen LogP contribution in [0.25, 0.3) is 11.0 Å². The van der Waals surface area contributed by atoms with Gasteiger partial charge in [-0.3, -0.25) is 9.59 Å². The van der Waals surface area contributed by atoms with E-state index in [1.807, 2.05) is 113 Å². The fourth-order valence-corrected chi connectivity index (χ4v) is 4.51. The van der Waals surface area contributed by atoms with Crippen LogP contribution in [0.4, 0.5) is 0 Å². The van der Waals surface area contributed by atoms with Crippen molar-refractivity contribution in [3.63, 3.8) is 0 Å². The van der Waals surface area contributed by atoms with Gasteiger partial charge in [-0.1, -0.05) is 59.8 Å². The summed E-state index contributed by atoms with van der Waals surface area (Å²) in [5, 5.41) is 11.5. The average molecular weight is 514 g/mol. The van der Waals surface area contributed by atoms with Gasteiger partial charge in [0.2, 0.25) is 11.8 Å². The molecule has 8 heteroatoms. The molecular formula is C30H35N5O3. The van der Waals surface area contributed by atoms with Crippen molar-refractivity contribution in [2.75, 3.05) is 6.61 Å². The SMILES string of the molecule is CCOc1ccc([C@@H](C(=O)NC(C)(C)C)N(C(=O)Cn2nnc3ccccc32)[C@@H](C)c2ccccc2)cc1. The molecule has 0 saturated carbocycles. The van der Waals surface area contributed by atoms with Crippen LogP contribution in [0.5, 0.6) is 5.75 Å². The van der Waals surface area contributed by atoms with Gasteiger partial charge >= 0.3 is 0 Å². The fourth-order valence-electron chi connectivity index (χ4n) is 4.51. The lowest BCUT2D eigenvalue weighted by Crippen LogP contribution is -2.50. The third-order valence-corrected chi connectivity index (χ3v) is 6.22. The molecule has 3 aromatic carbocycles. The lowest BCUT2D eigenvalue weighted by molar-refractivity contribution is -0.144. The van der Waals surface area contributed by atoms with Crippen molar-refractivity contribution in [2.24, 2.45) is 0 Å². The summed E-state index contributed by atoms with van der Waals surface area (Å²) in [5.41, 5.74) is 2.58. The summed E-state index contributed by atoms with van der Waals surface area (Å²) >= 11 is 0. The highest BCUT2D eigenvalue weighted by Crippen LogP contribution is 2.33. The molecule has 2 amide bonds. The number of nitrogens with zero attached hydrogens (tertiary/aromatic N) is 4. The van der Waals surface area contributed by atoms with Crippen LogP contribution >= 0.6 is 0 Å². The third kappa shape index (κ3) is 6.19. The van der Waals surface area contributed by atoms with Crippen LogP contribution in [0.2, 0.25) is 0 Å². The number of rotatable bonds is 9. The van der Waals surface area contributed by atoms with Crippen LogP contribution in [0.1, 0.15) is 57.8 Å². The number of benzene rings is 3. The molecule has 2 atom stereocenters. The predicted molar refractivity (Wildman–Crippen MR) is 147 cm³/mol. The molecule has 38 heavy (non-hydrogen) atoms. The molecule has 0 fully saturated rings. The summed E-state index contributed by atoms with van der Waals surface area (Å²) in [6.45, 7) is 10.1. The Kier molecular flexibility index (Phi) is 8.10. The number of aromatic nitrogens is 3. The van der Waals surface area contributed by atoms with E-state index in [4.69, 9.17) is 4.74 Å². The highest BCUT2D eigenvalue weighted by atomic mass is 16.5. The van der Waals surface area contributed by atoms with E-state index in [0.717, 1.165) is 11.1 Å². The molecule has 0 bridgehead atoms. The summed E-state index contributed by atoms with van der Waals surface area (Å²) in [6, 6.07) is 23.3. The molecule has 4 aromatic rings. The van der Waals surface area contributed by atoms with Crippen molar-refractivity contribution in [3.8, 4) is 5.75 Å². The van der Waals surface area contributed by atoms with E-state index in [9.17, 15) is 9.59 Å². The van der Waals surface area contributed by atoms with Crippen molar-refractivity contribution in [3.05, 3.63) is 90.0 Å². The summed E-state index contributed by atoms with van der Waals surface area (Å²) in [5.74, 6) is 0.190. The molecule has 1 aromatic heterocycles. The normalized spacial score (nSPS) is 13.1. The van der Waals surface area contributed by atoms with Gasteiger partial charge in [-0.15, -0.1) is 5.10 Å². The minimum Gasteiger partial charge on any atom is -0.494 e. The maximum absolute atomic E-state index is 14.2. The van der Waals surface area contributed by atoms with Gasteiger partial charge in [0.15, 0.2) is 0 Å². The van der Waals surface area contributed by atoms with E-state index in [0.29, 0.717) is 23.4 Å². The highest BCUT2D eigenvalue weighted by Gasteiger charge is 2.37. The van der Waals surface area contributed by atoms with Crippen LogP contribution in [0, 0.1) is 0 Å².